The molecule has 0 fully saturated rings. The Kier molecular flexibility index (Phi) is 11.2. The lowest BCUT2D eigenvalue weighted by Crippen LogP contribution is -2.33. The number of rotatable bonds is 13. The molecule has 0 spiro atoms. The number of unbranched alkanes of at least 4 members (excludes halogenated alkanes) is 3. The number of ketones is 1. The molecule has 1 aliphatic carbocycles. The number of hydrogen-bond donors (Lipinski definition) is 1. The first-order chi connectivity index (χ1) is 14.7. The average Bonchev–Trinajstić information content (AvgIpc) is 2.97. The number of carboxylic acids is 1. The van der Waals surface area contributed by atoms with Gasteiger partial charge in [0.25, 0.3) is 0 Å². The van der Waals surface area contributed by atoms with Gasteiger partial charge in [-0.3, -0.25) is 19.2 Å². The molecule has 7 heteroatoms. The molecule has 0 saturated heterocycles. The maximum absolute atomic E-state index is 12.4. The number of carboxylic acid groups (broad SMARTS) is 1. The number of carbonyl (C=O) groups is 4. The second-order valence-corrected chi connectivity index (χ2v) is 7.40. The first-order valence-electron chi connectivity index (χ1n) is 10.6. The fraction of sp³-hybridized carbons (Fsp3) is 0.500. The largest absolute Gasteiger partial charge is 0.481 e. The van der Waals surface area contributed by atoms with Gasteiger partial charge in [-0.2, -0.15) is 0 Å². The summed E-state index contributed by atoms with van der Waals surface area (Å²) in [6, 6.07) is 0. The number of carbonyl (C=O) groups excluding carboxylic acids is 3. The molecule has 0 aromatic rings. The average molecular weight is 433 g/mol. The Morgan fingerprint density at radius 1 is 1.16 bits per heavy atom. The molecule has 0 bridgehead atoms. The van der Waals surface area contributed by atoms with Gasteiger partial charge in [0.1, 0.15) is 6.10 Å². The zero-order valence-corrected chi connectivity index (χ0v) is 18.5. The molecule has 0 unspecified atom stereocenters. The number of aliphatic carboxylic acids is 1. The van der Waals surface area contributed by atoms with Crippen LogP contribution in [0, 0.1) is 0 Å². The monoisotopic (exact) mass is 432 g/mol. The van der Waals surface area contributed by atoms with Crippen LogP contribution in [-0.2, 0) is 28.7 Å². The number of esters is 2. The van der Waals surface area contributed by atoms with Crippen LogP contribution in [0.3, 0.4) is 0 Å². The molecule has 2 atom stereocenters. The highest BCUT2D eigenvalue weighted by Gasteiger charge is 2.41. The molecule has 0 aliphatic heterocycles. The highest BCUT2D eigenvalue weighted by atomic mass is 16.6. The van der Waals surface area contributed by atoms with Crippen LogP contribution < -0.4 is 0 Å². The molecule has 0 radical (unpaired) electrons. The van der Waals surface area contributed by atoms with E-state index in [2.05, 4.69) is 6.92 Å². The summed E-state index contributed by atoms with van der Waals surface area (Å²) in [4.78, 5) is 46.2. The second kappa shape index (κ2) is 13.4. The van der Waals surface area contributed by atoms with E-state index in [9.17, 15) is 19.2 Å². The van der Waals surface area contributed by atoms with Gasteiger partial charge in [0.2, 0.25) is 0 Å². The first-order valence-corrected chi connectivity index (χ1v) is 10.6. The van der Waals surface area contributed by atoms with E-state index < -0.39 is 29.6 Å². The van der Waals surface area contributed by atoms with Gasteiger partial charge < -0.3 is 14.6 Å². The third-order valence-electron chi connectivity index (χ3n) is 4.66. The predicted molar refractivity (Wildman–Crippen MR) is 116 cm³/mol. The maximum Gasteiger partial charge on any atom is 0.303 e. The zero-order valence-electron chi connectivity index (χ0n) is 18.5. The molecule has 0 aromatic carbocycles. The maximum atomic E-state index is 12.4. The number of allylic oxidation sites excluding steroid dienone is 4. The quantitative estimate of drug-likeness (QED) is 0.201. The van der Waals surface area contributed by atoms with E-state index in [1.807, 2.05) is 12.2 Å². The lowest BCUT2D eigenvalue weighted by molar-refractivity contribution is -0.149. The van der Waals surface area contributed by atoms with Crippen molar-refractivity contribution in [2.75, 3.05) is 0 Å². The standard InChI is InChI=1S/C24H32O7/c1-4-5-6-7-8-9-16-24(31-19(3)26)17-15-22(27)21(24)12-10-11-20(30-18(2)25)13-14-23(28)29/h8-12,15,17,20H,4-7,13-14,16H2,1-3H3,(H,28,29)/b9-8-,11-10-,21-12+/t20-,24-/m0/s1. The van der Waals surface area contributed by atoms with Crippen molar-refractivity contribution in [1.82, 2.24) is 0 Å². The summed E-state index contributed by atoms with van der Waals surface area (Å²) < 4.78 is 10.7. The summed E-state index contributed by atoms with van der Waals surface area (Å²) in [6.07, 6.45) is 15.2. The Bertz CT molecular complexity index is 773. The van der Waals surface area contributed by atoms with Crippen molar-refractivity contribution < 1.29 is 33.8 Å². The van der Waals surface area contributed by atoms with E-state index in [0.717, 1.165) is 25.7 Å². The minimum atomic E-state index is -1.19. The van der Waals surface area contributed by atoms with E-state index >= 15 is 0 Å². The summed E-state index contributed by atoms with van der Waals surface area (Å²) in [5.74, 6) is -2.32. The van der Waals surface area contributed by atoms with Crippen molar-refractivity contribution in [1.29, 1.82) is 0 Å². The SMILES string of the molecule is CCCCC/C=C\C[C@]1(OC(C)=O)C=CC(=O)/C1=C\C=C/[C@@H](CCC(=O)O)OC(C)=O. The minimum Gasteiger partial charge on any atom is -0.481 e. The van der Waals surface area contributed by atoms with Crippen molar-refractivity contribution in [3.8, 4) is 0 Å². The van der Waals surface area contributed by atoms with E-state index in [1.54, 1.807) is 6.08 Å². The topological polar surface area (TPSA) is 107 Å². The van der Waals surface area contributed by atoms with Gasteiger partial charge >= 0.3 is 17.9 Å². The number of ether oxygens (including phenoxy) is 2. The van der Waals surface area contributed by atoms with Gasteiger partial charge in [-0.05, 0) is 37.5 Å². The normalized spacial score (nSPS) is 20.6. The molecule has 1 rings (SSSR count). The fourth-order valence-electron chi connectivity index (χ4n) is 3.22. The second-order valence-electron chi connectivity index (χ2n) is 7.40. The van der Waals surface area contributed by atoms with Crippen LogP contribution in [0.25, 0.3) is 0 Å². The lowest BCUT2D eigenvalue weighted by atomic mass is 9.91. The van der Waals surface area contributed by atoms with Crippen molar-refractivity contribution in [2.45, 2.75) is 77.4 Å². The van der Waals surface area contributed by atoms with Gasteiger partial charge in [-0.25, -0.2) is 0 Å². The van der Waals surface area contributed by atoms with Gasteiger partial charge in [-0.1, -0.05) is 44.1 Å². The summed E-state index contributed by atoms with van der Waals surface area (Å²) in [5.41, 5.74) is -0.899. The van der Waals surface area contributed by atoms with Crippen LogP contribution in [0.5, 0.6) is 0 Å². The lowest BCUT2D eigenvalue weighted by Gasteiger charge is -2.27. The molecule has 31 heavy (non-hydrogen) atoms. The van der Waals surface area contributed by atoms with Gasteiger partial charge in [0, 0.05) is 32.3 Å². The van der Waals surface area contributed by atoms with E-state index in [4.69, 9.17) is 14.6 Å². The molecule has 0 aromatic heterocycles. The van der Waals surface area contributed by atoms with Crippen LogP contribution in [0.4, 0.5) is 0 Å². The molecule has 0 saturated carbocycles. The highest BCUT2D eigenvalue weighted by molar-refractivity contribution is 6.09. The first kappa shape index (κ1) is 26.1. The van der Waals surface area contributed by atoms with Crippen LogP contribution in [0.1, 0.15) is 65.7 Å². The molecule has 1 N–H and O–H groups in total. The van der Waals surface area contributed by atoms with Crippen molar-refractivity contribution in [3.05, 3.63) is 48.1 Å². The molecule has 1 aliphatic rings. The Labute approximate surface area is 183 Å². The van der Waals surface area contributed by atoms with Crippen LogP contribution in [0.15, 0.2) is 48.1 Å². The van der Waals surface area contributed by atoms with E-state index in [-0.39, 0.29) is 24.2 Å². The van der Waals surface area contributed by atoms with Crippen molar-refractivity contribution in [2.24, 2.45) is 0 Å². The Hall–Kier alpha value is -2.96. The van der Waals surface area contributed by atoms with E-state index in [0.29, 0.717) is 6.42 Å². The highest BCUT2D eigenvalue weighted by Crippen LogP contribution is 2.34. The Morgan fingerprint density at radius 2 is 1.90 bits per heavy atom. The van der Waals surface area contributed by atoms with Gasteiger partial charge in [0.15, 0.2) is 11.4 Å². The van der Waals surface area contributed by atoms with Crippen LogP contribution in [0.2, 0.25) is 0 Å². The molecular weight excluding hydrogens is 400 g/mol. The summed E-state index contributed by atoms with van der Waals surface area (Å²) in [7, 11) is 0. The van der Waals surface area contributed by atoms with Crippen molar-refractivity contribution >= 4 is 23.7 Å². The summed E-state index contributed by atoms with van der Waals surface area (Å²) in [6.45, 7) is 4.66. The summed E-state index contributed by atoms with van der Waals surface area (Å²) >= 11 is 0. The molecular formula is C24H32O7. The molecule has 0 heterocycles. The fourth-order valence-corrected chi connectivity index (χ4v) is 3.22. The van der Waals surface area contributed by atoms with Gasteiger partial charge in [0.05, 0.1) is 0 Å². The number of hydrogen-bond acceptors (Lipinski definition) is 6. The van der Waals surface area contributed by atoms with E-state index in [1.165, 1.54) is 38.2 Å². The van der Waals surface area contributed by atoms with Crippen molar-refractivity contribution in [3.63, 3.8) is 0 Å². The molecule has 0 amide bonds. The molecule has 170 valence electrons. The Balaban J connectivity index is 3.03. The zero-order chi connectivity index (χ0) is 23.3. The third-order valence-corrected chi connectivity index (χ3v) is 4.66. The van der Waals surface area contributed by atoms with Gasteiger partial charge in [-0.15, -0.1) is 0 Å². The third kappa shape index (κ3) is 9.59. The van der Waals surface area contributed by atoms with Crippen LogP contribution in [-0.4, -0.2) is 40.5 Å². The Morgan fingerprint density at radius 3 is 2.52 bits per heavy atom. The predicted octanol–water partition coefficient (Wildman–Crippen LogP) is 4.23. The van der Waals surface area contributed by atoms with Crippen LogP contribution >= 0.6 is 0 Å². The minimum absolute atomic E-state index is 0.108. The summed E-state index contributed by atoms with van der Waals surface area (Å²) in [5, 5.41) is 8.85. The molecule has 7 nitrogen and oxygen atoms in total. The smallest absolute Gasteiger partial charge is 0.303 e.